The van der Waals surface area contributed by atoms with Gasteiger partial charge in [0.15, 0.2) is 11.5 Å². The number of hydrogen-bond donors (Lipinski definition) is 2. The first-order valence-electron chi connectivity index (χ1n) is 6.57. The van der Waals surface area contributed by atoms with E-state index in [1.807, 2.05) is 0 Å². The minimum Gasteiger partial charge on any atom is -0.493 e. The molecule has 1 aliphatic rings. The normalized spacial score (nSPS) is 16.6. The van der Waals surface area contributed by atoms with Crippen LogP contribution in [0.15, 0.2) is 21.5 Å². The van der Waals surface area contributed by atoms with Gasteiger partial charge in [-0.2, -0.15) is 0 Å². The summed E-state index contributed by atoms with van der Waals surface area (Å²) >= 11 is 3.27. The third kappa shape index (κ3) is 3.68. The van der Waals surface area contributed by atoms with Gasteiger partial charge in [-0.15, -0.1) is 0 Å². The van der Waals surface area contributed by atoms with Crippen molar-refractivity contribution < 1.29 is 17.9 Å². The Hall–Kier alpha value is -0.830. The molecule has 1 atom stereocenters. The fourth-order valence-electron chi connectivity index (χ4n) is 2.14. The maximum atomic E-state index is 12.5. The summed E-state index contributed by atoms with van der Waals surface area (Å²) in [5.74, 6) is 1.15. The number of methoxy groups -OCH3 is 2. The molecule has 6 nitrogen and oxygen atoms in total. The summed E-state index contributed by atoms with van der Waals surface area (Å²) in [7, 11) is -0.722. The summed E-state index contributed by atoms with van der Waals surface area (Å²) in [6.45, 7) is 0.287. The van der Waals surface area contributed by atoms with Gasteiger partial charge < -0.3 is 15.2 Å². The van der Waals surface area contributed by atoms with E-state index in [2.05, 4.69) is 20.7 Å². The maximum Gasteiger partial charge on any atom is 0.242 e. The molecule has 2 rings (SSSR count). The topological polar surface area (TPSA) is 90.7 Å². The average Bonchev–Trinajstić information content (AvgIpc) is 3.28. The predicted molar refractivity (Wildman–Crippen MR) is 83.1 cm³/mol. The van der Waals surface area contributed by atoms with Gasteiger partial charge >= 0.3 is 0 Å². The summed E-state index contributed by atoms with van der Waals surface area (Å²) in [4.78, 5) is 0.110. The van der Waals surface area contributed by atoms with Crippen LogP contribution in [0.1, 0.15) is 12.8 Å². The number of rotatable bonds is 7. The first-order chi connectivity index (χ1) is 9.92. The number of ether oxygens (including phenoxy) is 2. The number of sulfonamides is 1. The molecule has 0 radical (unpaired) electrons. The maximum absolute atomic E-state index is 12.5. The Morgan fingerprint density at radius 2 is 1.90 bits per heavy atom. The van der Waals surface area contributed by atoms with Crippen molar-refractivity contribution in [3.63, 3.8) is 0 Å². The molecule has 3 N–H and O–H groups in total. The third-order valence-corrected chi connectivity index (χ3v) is 5.93. The zero-order valence-electron chi connectivity index (χ0n) is 11.9. The highest BCUT2D eigenvalue weighted by atomic mass is 79.9. The van der Waals surface area contributed by atoms with Crippen LogP contribution in [0.4, 0.5) is 0 Å². The van der Waals surface area contributed by atoms with Gasteiger partial charge in [-0.1, -0.05) is 0 Å². The zero-order chi connectivity index (χ0) is 15.6. The molecule has 0 bridgehead atoms. The van der Waals surface area contributed by atoms with Crippen molar-refractivity contribution in [2.45, 2.75) is 23.8 Å². The highest BCUT2D eigenvalue weighted by molar-refractivity contribution is 9.10. The van der Waals surface area contributed by atoms with Crippen LogP contribution in [0.25, 0.3) is 0 Å². The van der Waals surface area contributed by atoms with Crippen LogP contribution in [0.5, 0.6) is 11.5 Å². The second-order valence-corrected chi connectivity index (χ2v) is 7.48. The van der Waals surface area contributed by atoms with Crippen LogP contribution >= 0.6 is 15.9 Å². The minimum absolute atomic E-state index is 0.110. The quantitative estimate of drug-likeness (QED) is 0.749. The molecule has 118 valence electrons. The van der Waals surface area contributed by atoms with Crippen molar-refractivity contribution in [1.29, 1.82) is 0 Å². The van der Waals surface area contributed by atoms with Crippen molar-refractivity contribution in [1.82, 2.24) is 4.72 Å². The van der Waals surface area contributed by atoms with Crippen LogP contribution in [0.2, 0.25) is 0 Å². The van der Waals surface area contributed by atoms with Gasteiger partial charge in [-0.3, -0.25) is 0 Å². The SMILES string of the molecule is COc1cc(Br)c(S(=O)(=O)NC(CN)C2CC2)cc1OC. The van der Waals surface area contributed by atoms with Gasteiger partial charge in [0.25, 0.3) is 0 Å². The summed E-state index contributed by atoms with van der Waals surface area (Å²) in [6.07, 6.45) is 2.02. The number of halogens is 1. The summed E-state index contributed by atoms with van der Waals surface area (Å²) in [5.41, 5.74) is 5.66. The van der Waals surface area contributed by atoms with E-state index in [9.17, 15) is 8.42 Å². The standard InChI is InChI=1S/C13H19BrN2O4S/c1-19-11-5-9(14)13(6-12(11)20-2)21(17,18)16-10(7-15)8-3-4-8/h5-6,8,10,16H,3-4,7,15H2,1-2H3. The largest absolute Gasteiger partial charge is 0.493 e. The van der Waals surface area contributed by atoms with Crippen LogP contribution < -0.4 is 19.9 Å². The summed E-state index contributed by atoms with van der Waals surface area (Å²) in [6, 6.07) is 2.78. The van der Waals surface area contributed by atoms with Crippen molar-refractivity contribution in [3.05, 3.63) is 16.6 Å². The Labute approximate surface area is 133 Å². The monoisotopic (exact) mass is 378 g/mol. The number of benzene rings is 1. The van der Waals surface area contributed by atoms with E-state index in [0.29, 0.717) is 21.9 Å². The molecule has 1 aromatic rings. The van der Waals surface area contributed by atoms with E-state index in [1.165, 1.54) is 20.3 Å². The molecular formula is C13H19BrN2O4S. The molecule has 1 aromatic carbocycles. The molecule has 1 unspecified atom stereocenters. The first kappa shape index (κ1) is 16.5. The molecular weight excluding hydrogens is 360 g/mol. The lowest BCUT2D eigenvalue weighted by atomic mass is 10.2. The molecule has 0 amide bonds. The van der Waals surface area contributed by atoms with Crippen LogP contribution in [0.3, 0.4) is 0 Å². The lowest BCUT2D eigenvalue weighted by Crippen LogP contribution is -2.41. The van der Waals surface area contributed by atoms with Gasteiger partial charge in [0.05, 0.1) is 14.2 Å². The molecule has 0 aliphatic heterocycles. The Balaban J connectivity index is 2.34. The van der Waals surface area contributed by atoms with Gasteiger partial charge in [-0.05, 0) is 40.8 Å². The minimum atomic E-state index is -3.68. The van der Waals surface area contributed by atoms with Crippen LogP contribution in [0, 0.1) is 5.92 Å². The molecule has 0 aromatic heterocycles. The van der Waals surface area contributed by atoms with Crippen molar-refractivity contribution in [3.8, 4) is 11.5 Å². The predicted octanol–water partition coefficient (Wildman–Crippen LogP) is 1.48. The van der Waals surface area contributed by atoms with E-state index < -0.39 is 10.0 Å². The fraction of sp³-hybridized carbons (Fsp3) is 0.538. The van der Waals surface area contributed by atoms with E-state index in [1.54, 1.807) is 6.07 Å². The Kier molecular flexibility index (Phi) is 5.13. The molecule has 8 heteroatoms. The molecule has 1 fully saturated rings. The fourth-order valence-corrected chi connectivity index (χ4v) is 4.49. The highest BCUT2D eigenvalue weighted by Gasteiger charge is 2.34. The smallest absolute Gasteiger partial charge is 0.242 e. The average molecular weight is 379 g/mol. The van der Waals surface area contributed by atoms with E-state index in [-0.39, 0.29) is 17.5 Å². The molecule has 0 saturated heterocycles. The van der Waals surface area contributed by atoms with Crippen molar-refractivity contribution in [2.24, 2.45) is 11.7 Å². The molecule has 1 aliphatic carbocycles. The molecule has 0 heterocycles. The van der Waals surface area contributed by atoms with E-state index in [4.69, 9.17) is 15.2 Å². The highest BCUT2D eigenvalue weighted by Crippen LogP contribution is 2.37. The van der Waals surface area contributed by atoms with Crippen LogP contribution in [-0.2, 0) is 10.0 Å². The Morgan fingerprint density at radius 3 is 2.38 bits per heavy atom. The third-order valence-electron chi connectivity index (χ3n) is 3.48. The summed E-state index contributed by atoms with van der Waals surface area (Å²) in [5, 5.41) is 0. The molecule has 21 heavy (non-hydrogen) atoms. The van der Waals surface area contributed by atoms with E-state index >= 15 is 0 Å². The second-order valence-electron chi connectivity index (χ2n) is 4.94. The second kappa shape index (κ2) is 6.51. The van der Waals surface area contributed by atoms with Crippen molar-refractivity contribution >= 4 is 26.0 Å². The number of nitrogens with two attached hydrogens (primary N) is 1. The van der Waals surface area contributed by atoms with Crippen molar-refractivity contribution in [2.75, 3.05) is 20.8 Å². The molecule has 1 saturated carbocycles. The lowest BCUT2D eigenvalue weighted by Gasteiger charge is -2.18. The lowest BCUT2D eigenvalue weighted by molar-refractivity contribution is 0.353. The zero-order valence-corrected chi connectivity index (χ0v) is 14.3. The van der Waals surface area contributed by atoms with Gasteiger partial charge in [0.2, 0.25) is 10.0 Å². The summed E-state index contributed by atoms with van der Waals surface area (Å²) < 4.78 is 38.4. The van der Waals surface area contributed by atoms with E-state index in [0.717, 1.165) is 12.8 Å². The molecule has 0 spiro atoms. The van der Waals surface area contributed by atoms with Gasteiger partial charge in [0, 0.05) is 23.1 Å². The van der Waals surface area contributed by atoms with Crippen LogP contribution in [-0.4, -0.2) is 35.2 Å². The Bertz CT molecular complexity index is 617. The van der Waals surface area contributed by atoms with Gasteiger partial charge in [-0.25, -0.2) is 13.1 Å². The Morgan fingerprint density at radius 1 is 1.33 bits per heavy atom. The number of nitrogens with one attached hydrogen (secondary N) is 1. The first-order valence-corrected chi connectivity index (χ1v) is 8.84. The number of hydrogen-bond acceptors (Lipinski definition) is 5. The van der Waals surface area contributed by atoms with Gasteiger partial charge in [0.1, 0.15) is 4.90 Å².